The number of para-hydroxylation sites is 4. The number of hydrogen-bond donors (Lipinski definition) is 0. The highest BCUT2D eigenvalue weighted by atomic mass is 79.9. The van der Waals surface area contributed by atoms with E-state index in [9.17, 15) is 0 Å². The van der Waals surface area contributed by atoms with E-state index >= 15 is 0 Å². The normalized spacial score (nSPS) is 11.3. The summed E-state index contributed by atoms with van der Waals surface area (Å²) >= 11 is 4.08. The maximum atomic E-state index is 4.08. The lowest BCUT2D eigenvalue weighted by atomic mass is 10.1. The third kappa shape index (κ3) is 14.2. The van der Waals surface area contributed by atoms with Crippen molar-refractivity contribution in [3.63, 3.8) is 0 Å². The average molecular weight is 916 g/mol. The van der Waals surface area contributed by atoms with Crippen molar-refractivity contribution in [1.82, 2.24) is 9.13 Å². The summed E-state index contributed by atoms with van der Waals surface area (Å²) in [7, 11) is 0. The number of hydrogen-bond acceptors (Lipinski definition) is 0. The van der Waals surface area contributed by atoms with Gasteiger partial charge in [-0.05, 0) is 65.9 Å². The summed E-state index contributed by atoms with van der Waals surface area (Å²) < 4.78 is 11.1. The zero-order valence-corrected chi connectivity index (χ0v) is 37.7. The van der Waals surface area contributed by atoms with Crippen LogP contribution < -0.4 is 43.1 Å². The molecule has 0 saturated carbocycles. The van der Waals surface area contributed by atoms with Crippen LogP contribution in [0.1, 0.15) is 153 Å². The van der Waals surface area contributed by atoms with Gasteiger partial charge < -0.3 is 34.0 Å². The number of unbranched alkanes of at least 4 members (excludes halogenated alkanes) is 18. The van der Waals surface area contributed by atoms with E-state index in [1.165, 1.54) is 166 Å². The number of nitrogens with zero attached hydrogens (tertiary/aromatic N) is 4. The molecule has 0 fully saturated rings. The first-order valence-electron chi connectivity index (χ1n) is 20.9. The number of imidazole rings is 2. The third-order valence-electron chi connectivity index (χ3n) is 10.9. The van der Waals surface area contributed by atoms with E-state index in [-0.39, 0.29) is 34.0 Å². The van der Waals surface area contributed by atoms with Crippen LogP contribution in [0.3, 0.4) is 0 Å². The first kappa shape index (κ1) is 45.4. The van der Waals surface area contributed by atoms with Crippen LogP contribution >= 0.6 is 15.9 Å². The molecular formula is C46H67Br3N4. The third-order valence-corrected chi connectivity index (χ3v) is 11.9. The van der Waals surface area contributed by atoms with E-state index < -0.39 is 0 Å². The first-order chi connectivity index (χ1) is 25.2. The molecule has 0 unspecified atom stereocenters. The molecule has 0 radical (unpaired) electrons. The molecule has 0 amide bonds. The zero-order valence-electron chi connectivity index (χ0n) is 32.9. The van der Waals surface area contributed by atoms with Gasteiger partial charge in [-0.25, -0.2) is 18.3 Å². The highest BCUT2D eigenvalue weighted by molar-refractivity contribution is 9.10. The Bertz CT molecular complexity index is 1600. The predicted molar refractivity (Wildman–Crippen MR) is 220 cm³/mol. The molecule has 0 aliphatic rings. The molecule has 2 aromatic heterocycles. The van der Waals surface area contributed by atoms with Crippen LogP contribution in [0.4, 0.5) is 0 Å². The Balaban J connectivity index is 0.00000378. The Kier molecular flexibility index (Phi) is 22.3. The lowest BCUT2D eigenvalue weighted by Gasteiger charge is -2.08. The van der Waals surface area contributed by atoms with Gasteiger partial charge in [-0.2, -0.15) is 0 Å². The molecule has 0 N–H and O–H groups in total. The highest BCUT2D eigenvalue weighted by Gasteiger charge is 2.20. The second-order valence-corrected chi connectivity index (χ2v) is 15.9. The highest BCUT2D eigenvalue weighted by Crippen LogP contribution is 2.24. The number of halogens is 3. The number of rotatable bonds is 26. The van der Waals surface area contributed by atoms with E-state index in [2.05, 4.69) is 127 Å². The Morgan fingerprint density at radius 2 is 0.774 bits per heavy atom. The van der Waals surface area contributed by atoms with Crippen LogP contribution in [0, 0.1) is 0 Å². The summed E-state index contributed by atoms with van der Waals surface area (Å²) in [5.74, 6) is 0. The largest absolute Gasteiger partial charge is 1.00 e. The Morgan fingerprint density at radius 1 is 0.434 bits per heavy atom. The van der Waals surface area contributed by atoms with Crippen molar-refractivity contribution in [3.05, 3.63) is 95.0 Å². The first-order valence-corrected chi connectivity index (χ1v) is 21.7. The minimum absolute atomic E-state index is 0. The van der Waals surface area contributed by atoms with Gasteiger partial charge in [-0.15, -0.1) is 0 Å². The Hall–Kier alpha value is -1.96. The standard InChI is InChI=1S/C46H67BrN4.2BrH/c1-3-5-7-9-11-13-15-17-19-25-34-48-38-50(44-32-23-21-30-42(44)48)36-40-28-27-29-41(46(40)47)37-51-39-49(43-31-22-24-33-45(43)51)35-26-20-18-16-14-12-10-8-6-4-2;;/h21-24,27-33,38-39H,3-20,25-26,34-37H2,1-2H3;2*1H/q+2;;/p-2. The molecule has 7 heteroatoms. The molecule has 0 saturated heterocycles. The second kappa shape index (κ2) is 26.0. The van der Waals surface area contributed by atoms with Gasteiger partial charge in [0.1, 0.15) is 13.1 Å². The monoisotopic (exact) mass is 912 g/mol. The maximum Gasteiger partial charge on any atom is 0.245 e. The summed E-state index contributed by atoms with van der Waals surface area (Å²) in [6.07, 6.45) is 32.2. The zero-order chi connectivity index (χ0) is 35.5. The van der Waals surface area contributed by atoms with Gasteiger partial charge in [0.15, 0.2) is 22.1 Å². The quantitative estimate of drug-likeness (QED) is 0.0426. The van der Waals surface area contributed by atoms with E-state index in [0.717, 1.165) is 26.2 Å². The second-order valence-electron chi connectivity index (χ2n) is 15.1. The van der Waals surface area contributed by atoms with Gasteiger partial charge in [0, 0.05) is 15.6 Å². The minimum Gasteiger partial charge on any atom is -1.00 e. The number of aryl methyl sites for hydroxylation is 2. The molecule has 4 nitrogen and oxygen atoms in total. The molecule has 5 aromatic rings. The lowest BCUT2D eigenvalue weighted by molar-refractivity contribution is -0.664. The van der Waals surface area contributed by atoms with Gasteiger partial charge in [-0.1, -0.05) is 159 Å². The van der Waals surface area contributed by atoms with Crippen molar-refractivity contribution in [1.29, 1.82) is 0 Å². The van der Waals surface area contributed by atoms with Crippen molar-refractivity contribution in [2.24, 2.45) is 0 Å². The maximum absolute atomic E-state index is 4.08. The Morgan fingerprint density at radius 3 is 1.15 bits per heavy atom. The Labute approximate surface area is 351 Å². The summed E-state index contributed by atoms with van der Waals surface area (Å²) in [5.41, 5.74) is 7.96. The van der Waals surface area contributed by atoms with Crippen LogP contribution in [0.2, 0.25) is 0 Å². The van der Waals surface area contributed by atoms with E-state index in [4.69, 9.17) is 0 Å². The molecule has 53 heavy (non-hydrogen) atoms. The molecule has 0 aliphatic carbocycles. The molecule has 292 valence electrons. The SMILES string of the molecule is CCCCCCCCCCCCn1c[n+](Cc2cccc(C[n+]3cn(CCCCCCCCCCCC)c4ccccc43)c2Br)c2ccccc21.[Br-].[Br-]. The van der Waals surface area contributed by atoms with Gasteiger partial charge in [0.25, 0.3) is 0 Å². The van der Waals surface area contributed by atoms with Crippen LogP contribution in [0.15, 0.2) is 83.9 Å². The fourth-order valence-corrected chi connectivity index (χ4v) is 8.39. The van der Waals surface area contributed by atoms with E-state index in [1.54, 1.807) is 0 Å². The molecule has 0 aliphatic heterocycles. The summed E-state index contributed by atoms with van der Waals surface area (Å²) in [4.78, 5) is 0. The van der Waals surface area contributed by atoms with Crippen LogP contribution in [0.25, 0.3) is 22.1 Å². The van der Waals surface area contributed by atoms with Crippen molar-refractivity contribution in [2.75, 3.05) is 0 Å². The summed E-state index contributed by atoms with van der Waals surface area (Å²) in [6.45, 7) is 8.48. The van der Waals surface area contributed by atoms with Crippen LogP contribution in [-0.2, 0) is 26.2 Å². The molecule has 0 bridgehead atoms. The van der Waals surface area contributed by atoms with Crippen LogP contribution in [-0.4, -0.2) is 9.13 Å². The van der Waals surface area contributed by atoms with E-state index in [1.807, 2.05) is 0 Å². The van der Waals surface area contributed by atoms with Gasteiger partial charge >= 0.3 is 0 Å². The fraction of sp³-hybridized carbons (Fsp3) is 0.565. The fourth-order valence-electron chi connectivity index (χ4n) is 7.88. The van der Waals surface area contributed by atoms with Crippen LogP contribution in [0.5, 0.6) is 0 Å². The van der Waals surface area contributed by atoms with Crippen molar-refractivity contribution >= 4 is 38.0 Å². The van der Waals surface area contributed by atoms with Crippen molar-refractivity contribution in [3.8, 4) is 0 Å². The minimum atomic E-state index is 0. The smallest absolute Gasteiger partial charge is 0.245 e. The number of aromatic nitrogens is 4. The van der Waals surface area contributed by atoms with Gasteiger partial charge in [0.05, 0.1) is 13.1 Å². The average Bonchev–Trinajstić information content (AvgIpc) is 3.68. The molecule has 0 atom stereocenters. The van der Waals surface area contributed by atoms with Gasteiger partial charge in [0.2, 0.25) is 12.7 Å². The predicted octanol–water partition coefficient (Wildman–Crippen LogP) is 6.88. The van der Waals surface area contributed by atoms with Crippen molar-refractivity contribution < 1.29 is 43.1 Å². The summed E-state index contributed by atoms with van der Waals surface area (Å²) in [6, 6.07) is 24.7. The van der Waals surface area contributed by atoms with Crippen molar-refractivity contribution in [2.45, 2.75) is 168 Å². The number of benzene rings is 3. The summed E-state index contributed by atoms with van der Waals surface area (Å²) in [5, 5.41) is 0. The molecule has 0 spiro atoms. The van der Waals surface area contributed by atoms with Gasteiger partial charge in [-0.3, -0.25) is 0 Å². The number of fused-ring (bicyclic) bond motifs is 2. The molecule has 3 aromatic carbocycles. The topological polar surface area (TPSA) is 17.6 Å². The van der Waals surface area contributed by atoms with E-state index in [0.29, 0.717) is 0 Å². The lowest BCUT2D eigenvalue weighted by Crippen LogP contribution is -3.00. The molecule has 2 heterocycles. The molecule has 5 rings (SSSR count). The molecular weight excluding hydrogens is 848 g/mol.